The fourth-order valence-corrected chi connectivity index (χ4v) is 2.43. The van der Waals surface area contributed by atoms with Gasteiger partial charge in [-0.3, -0.25) is 0 Å². The summed E-state index contributed by atoms with van der Waals surface area (Å²) in [5.74, 6) is 1.03. The Balaban J connectivity index is 1.71. The van der Waals surface area contributed by atoms with Crippen LogP contribution in [-0.4, -0.2) is 17.0 Å². The lowest BCUT2D eigenvalue weighted by Crippen LogP contribution is -2.18. The third-order valence-corrected chi connectivity index (χ3v) is 3.76. The second-order valence-electron chi connectivity index (χ2n) is 5.78. The summed E-state index contributed by atoms with van der Waals surface area (Å²) in [6.45, 7) is 0.678. The van der Waals surface area contributed by atoms with Crippen LogP contribution in [0.3, 0.4) is 0 Å². The van der Waals surface area contributed by atoms with Gasteiger partial charge in [-0.1, -0.05) is 30.3 Å². The fourth-order valence-electron chi connectivity index (χ4n) is 2.43. The van der Waals surface area contributed by atoms with E-state index in [1.165, 1.54) is 12.1 Å². The van der Waals surface area contributed by atoms with Crippen molar-refractivity contribution >= 4 is 17.5 Å². The zero-order valence-corrected chi connectivity index (χ0v) is 14.0. The molecule has 7 heteroatoms. The van der Waals surface area contributed by atoms with Crippen LogP contribution < -0.4 is 10.2 Å². The third kappa shape index (κ3) is 4.50. The van der Waals surface area contributed by atoms with Crippen molar-refractivity contribution in [3.8, 4) is 0 Å². The van der Waals surface area contributed by atoms with E-state index in [1.807, 2.05) is 42.3 Å². The Morgan fingerprint density at radius 3 is 2.31 bits per heavy atom. The van der Waals surface area contributed by atoms with Crippen molar-refractivity contribution in [2.24, 2.45) is 0 Å². The first-order valence-electron chi connectivity index (χ1n) is 7.94. The summed E-state index contributed by atoms with van der Waals surface area (Å²) in [6, 6.07) is 16.5. The molecule has 26 heavy (non-hydrogen) atoms. The molecular weight excluding hydrogens is 341 g/mol. The molecule has 2 aromatic carbocycles. The standard InChI is InChI=1S/C19H17F3N4/c1-26(13-14-5-3-2-4-6-14)17-11-12-23-18(25-17)24-16-9-7-15(8-10-16)19(20,21)22/h2-12H,13H2,1H3,(H,23,24,25). The molecule has 0 spiro atoms. The monoisotopic (exact) mass is 358 g/mol. The van der Waals surface area contributed by atoms with Crippen LogP contribution in [0, 0.1) is 0 Å². The second kappa shape index (κ2) is 7.43. The highest BCUT2D eigenvalue weighted by atomic mass is 19.4. The van der Waals surface area contributed by atoms with Crippen LogP contribution in [0.25, 0.3) is 0 Å². The lowest BCUT2D eigenvalue weighted by molar-refractivity contribution is -0.137. The molecule has 134 valence electrons. The highest BCUT2D eigenvalue weighted by molar-refractivity contribution is 5.55. The van der Waals surface area contributed by atoms with Crippen LogP contribution in [0.15, 0.2) is 66.9 Å². The van der Waals surface area contributed by atoms with Gasteiger partial charge in [0.1, 0.15) is 5.82 Å². The molecule has 1 heterocycles. The van der Waals surface area contributed by atoms with Gasteiger partial charge in [0, 0.05) is 25.5 Å². The second-order valence-corrected chi connectivity index (χ2v) is 5.78. The van der Waals surface area contributed by atoms with Crippen molar-refractivity contribution in [2.75, 3.05) is 17.3 Å². The summed E-state index contributed by atoms with van der Waals surface area (Å²) in [5.41, 5.74) is 0.937. The molecule has 3 aromatic rings. The Labute approximate surface area is 149 Å². The first kappa shape index (κ1) is 17.7. The van der Waals surface area contributed by atoms with Gasteiger partial charge in [-0.05, 0) is 35.9 Å². The van der Waals surface area contributed by atoms with Gasteiger partial charge in [-0.2, -0.15) is 18.2 Å². The Morgan fingerprint density at radius 1 is 0.962 bits per heavy atom. The summed E-state index contributed by atoms with van der Waals surface area (Å²) in [4.78, 5) is 10.5. The molecule has 0 radical (unpaired) electrons. The number of hydrogen-bond acceptors (Lipinski definition) is 4. The number of alkyl halides is 3. The average Bonchev–Trinajstić information content (AvgIpc) is 2.62. The van der Waals surface area contributed by atoms with E-state index in [4.69, 9.17) is 0 Å². The van der Waals surface area contributed by atoms with Crippen molar-refractivity contribution in [1.82, 2.24) is 9.97 Å². The minimum Gasteiger partial charge on any atom is -0.355 e. The van der Waals surface area contributed by atoms with E-state index in [9.17, 15) is 13.2 Å². The van der Waals surface area contributed by atoms with Gasteiger partial charge < -0.3 is 10.2 Å². The SMILES string of the molecule is CN(Cc1ccccc1)c1ccnc(Nc2ccc(C(F)(F)F)cc2)n1. The number of hydrogen-bond donors (Lipinski definition) is 1. The van der Waals surface area contributed by atoms with Crippen molar-refractivity contribution in [3.63, 3.8) is 0 Å². The van der Waals surface area contributed by atoms with Crippen molar-refractivity contribution in [3.05, 3.63) is 78.0 Å². The molecule has 0 aliphatic rings. The maximum Gasteiger partial charge on any atom is 0.416 e. The molecule has 1 N–H and O–H groups in total. The highest BCUT2D eigenvalue weighted by Crippen LogP contribution is 2.30. The summed E-state index contributed by atoms with van der Waals surface area (Å²) >= 11 is 0. The van der Waals surface area contributed by atoms with Gasteiger partial charge in [0.2, 0.25) is 5.95 Å². The molecule has 0 amide bonds. The van der Waals surface area contributed by atoms with Crippen LogP contribution in [0.4, 0.5) is 30.6 Å². The van der Waals surface area contributed by atoms with E-state index in [0.717, 1.165) is 17.7 Å². The molecule has 0 aliphatic carbocycles. The summed E-state index contributed by atoms with van der Waals surface area (Å²) in [6.07, 6.45) is -2.74. The zero-order chi connectivity index (χ0) is 18.6. The summed E-state index contributed by atoms with van der Waals surface area (Å²) in [7, 11) is 1.91. The minimum absolute atomic E-state index is 0.321. The number of nitrogens with zero attached hydrogens (tertiary/aromatic N) is 3. The third-order valence-electron chi connectivity index (χ3n) is 3.76. The van der Waals surface area contributed by atoms with Gasteiger partial charge in [0.25, 0.3) is 0 Å². The van der Waals surface area contributed by atoms with Crippen LogP contribution >= 0.6 is 0 Å². The molecule has 0 bridgehead atoms. The predicted molar refractivity (Wildman–Crippen MR) is 95.3 cm³/mol. The van der Waals surface area contributed by atoms with E-state index >= 15 is 0 Å². The number of aromatic nitrogens is 2. The summed E-state index contributed by atoms with van der Waals surface area (Å²) < 4.78 is 37.8. The molecule has 1 aromatic heterocycles. The van der Waals surface area contributed by atoms with Gasteiger partial charge in [0.05, 0.1) is 5.56 Å². The van der Waals surface area contributed by atoms with E-state index in [0.29, 0.717) is 24.0 Å². The quantitative estimate of drug-likeness (QED) is 0.706. The van der Waals surface area contributed by atoms with Gasteiger partial charge in [-0.15, -0.1) is 0 Å². The van der Waals surface area contributed by atoms with E-state index in [1.54, 1.807) is 12.3 Å². The molecule has 0 atom stereocenters. The highest BCUT2D eigenvalue weighted by Gasteiger charge is 2.29. The van der Waals surface area contributed by atoms with Crippen molar-refractivity contribution in [2.45, 2.75) is 12.7 Å². The molecule has 0 saturated carbocycles. The lowest BCUT2D eigenvalue weighted by atomic mass is 10.2. The number of halogens is 3. The van der Waals surface area contributed by atoms with E-state index < -0.39 is 11.7 Å². The smallest absolute Gasteiger partial charge is 0.355 e. The van der Waals surface area contributed by atoms with Crippen LogP contribution in [0.5, 0.6) is 0 Å². The first-order chi connectivity index (χ1) is 12.4. The Kier molecular flexibility index (Phi) is 5.06. The molecule has 4 nitrogen and oxygen atoms in total. The molecular formula is C19H17F3N4. The summed E-state index contributed by atoms with van der Waals surface area (Å²) in [5, 5.41) is 2.93. The number of anilines is 3. The van der Waals surface area contributed by atoms with Crippen molar-refractivity contribution < 1.29 is 13.2 Å². The minimum atomic E-state index is -4.35. The first-order valence-corrected chi connectivity index (χ1v) is 7.94. The number of rotatable bonds is 5. The van der Waals surface area contributed by atoms with Gasteiger partial charge in [-0.25, -0.2) is 4.98 Å². The normalized spacial score (nSPS) is 11.2. The lowest BCUT2D eigenvalue weighted by Gasteiger charge is -2.18. The average molecular weight is 358 g/mol. The molecule has 0 fully saturated rings. The van der Waals surface area contributed by atoms with E-state index in [-0.39, 0.29) is 0 Å². The van der Waals surface area contributed by atoms with Crippen LogP contribution in [0.1, 0.15) is 11.1 Å². The van der Waals surface area contributed by atoms with Crippen LogP contribution in [-0.2, 0) is 12.7 Å². The molecule has 0 aliphatic heterocycles. The van der Waals surface area contributed by atoms with Gasteiger partial charge in [0.15, 0.2) is 0 Å². The fraction of sp³-hybridized carbons (Fsp3) is 0.158. The Morgan fingerprint density at radius 2 is 1.65 bits per heavy atom. The van der Waals surface area contributed by atoms with Crippen LogP contribution in [0.2, 0.25) is 0 Å². The maximum atomic E-state index is 12.6. The van der Waals surface area contributed by atoms with E-state index in [2.05, 4.69) is 15.3 Å². The number of nitrogens with one attached hydrogen (secondary N) is 1. The zero-order valence-electron chi connectivity index (χ0n) is 14.0. The largest absolute Gasteiger partial charge is 0.416 e. The molecule has 3 rings (SSSR count). The molecule has 0 saturated heterocycles. The topological polar surface area (TPSA) is 41.1 Å². The maximum absolute atomic E-state index is 12.6. The van der Waals surface area contributed by atoms with Gasteiger partial charge >= 0.3 is 6.18 Å². The molecule has 0 unspecified atom stereocenters. The van der Waals surface area contributed by atoms with Crippen molar-refractivity contribution in [1.29, 1.82) is 0 Å². The number of benzene rings is 2. The predicted octanol–water partition coefficient (Wildman–Crippen LogP) is 4.88. The Hall–Kier alpha value is -3.09. The Bertz CT molecular complexity index is 849.